The summed E-state index contributed by atoms with van der Waals surface area (Å²) in [6.45, 7) is 0.464. The summed E-state index contributed by atoms with van der Waals surface area (Å²) in [5.74, 6) is 2.30. The number of carbonyl (C=O) groups excluding carboxylic acids is 1. The van der Waals surface area contributed by atoms with Gasteiger partial charge in [-0.15, -0.1) is 22.7 Å². The van der Waals surface area contributed by atoms with Crippen LogP contribution in [0.2, 0.25) is 10.0 Å². The van der Waals surface area contributed by atoms with E-state index in [1.807, 2.05) is 79.0 Å². The maximum atomic E-state index is 13.1. The third kappa shape index (κ3) is 8.59. The highest BCUT2D eigenvalue weighted by Crippen LogP contribution is 2.52. The minimum atomic E-state index is -0.749. The molecule has 0 radical (unpaired) electrons. The maximum absolute atomic E-state index is 13.1. The van der Waals surface area contributed by atoms with Crippen molar-refractivity contribution in [1.29, 1.82) is 0 Å². The van der Waals surface area contributed by atoms with Gasteiger partial charge in [0.15, 0.2) is 28.1 Å². The molecule has 2 aromatic heterocycles. The molecule has 0 unspecified atom stereocenters. The molecule has 0 saturated heterocycles. The zero-order chi connectivity index (χ0) is 39.6. The Kier molecular flexibility index (Phi) is 11.1. The summed E-state index contributed by atoms with van der Waals surface area (Å²) in [6.07, 6.45) is 8.73. The van der Waals surface area contributed by atoms with Gasteiger partial charge in [-0.05, 0) is 84.3 Å². The molecule has 3 N–H and O–H groups in total. The normalized spacial score (nSPS) is 15.8. The molecule has 4 aliphatic rings. The molecule has 0 amide bonds. The molecule has 2 aliphatic carbocycles. The minimum Gasteiger partial charge on any atom is -0.481 e. The number of hydrogen-bond donors (Lipinski definition) is 2. The smallest absolute Gasteiger partial charge is 0.314 e. The zero-order valence-corrected chi connectivity index (χ0v) is 33.7. The maximum Gasteiger partial charge on any atom is 0.314 e. The Hall–Kier alpha value is -5.14. The number of aliphatic carboxylic acids is 1. The molecule has 292 valence electrons. The number of nitrogens with zero attached hydrogens (tertiary/aromatic N) is 2. The first-order chi connectivity index (χ1) is 27.6. The van der Waals surface area contributed by atoms with E-state index in [4.69, 9.17) is 53.0 Å². The lowest BCUT2D eigenvalue weighted by Gasteiger charge is -2.14. The van der Waals surface area contributed by atoms with Crippen LogP contribution < -0.4 is 24.7 Å². The van der Waals surface area contributed by atoms with Gasteiger partial charge < -0.3 is 29.8 Å². The predicted molar refractivity (Wildman–Crippen MR) is 220 cm³/mol. The van der Waals surface area contributed by atoms with Gasteiger partial charge in [-0.1, -0.05) is 71.7 Å². The van der Waals surface area contributed by atoms with Crippen molar-refractivity contribution in [1.82, 2.24) is 9.97 Å². The van der Waals surface area contributed by atoms with Gasteiger partial charge in [-0.3, -0.25) is 9.59 Å². The second-order valence-corrected chi connectivity index (χ2v) is 17.3. The van der Waals surface area contributed by atoms with Crippen molar-refractivity contribution in [2.75, 3.05) is 19.3 Å². The number of ketones is 1. The number of aromatic nitrogens is 2. The van der Waals surface area contributed by atoms with Gasteiger partial charge in [-0.25, -0.2) is 9.97 Å². The third-order valence-electron chi connectivity index (χ3n) is 10.4. The van der Waals surface area contributed by atoms with Crippen LogP contribution in [0.3, 0.4) is 0 Å². The lowest BCUT2D eigenvalue weighted by Crippen LogP contribution is -2.22. The quantitative estimate of drug-likeness (QED) is 0.137. The number of nitrogen functional groups attached to an aromatic ring is 1. The minimum absolute atomic E-state index is 0.221. The number of carbonyl (C=O) groups is 2. The van der Waals surface area contributed by atoms with Crippen LogP contribution >= 0.6 is 45.9 Å². The summed E-state index contributed by atoms with van der Waals surface area (Å²) in [6, 6.07) is 26.8. The number of anilines is 1. The molecule has 2 saturated carbocycles. The van der Waals surface area contributed by atoms with Crippen LogP contribution in [0, 0.1) is 0 Å². The highest BCUT2D eigenvalue weighted by molar-refractivity contribution is 7.15. The van der Waals surface area contributed by atoms with Crippen molar-refractivity contribution in [3.05, 3.63) is 144 Å². The highest BCUT2D eigenvalue weighted by atomic mass is 35.5. The molecule has 10 rings (SSSR count). The number of carboxylic acid groups (broad SMARTS) is 1. The number of hydrogen-bond acceptors (Lipinski definition) is 11. The van der Waals surface area contributed by atoms with Gasteiger partial charge >= 0.3 is 5.97 Å². The van der Waals surface area contributed by atoms with Gasteiger partial charge in [0.05, 0.1) is 17.3 Å². The van der Waals surface area contributed by atoms with Crippen LogP contribution in [0.25, 0.3) is 0 Å². The summed E-state index contributed by atoms with van der Waals surface area (Å²) >= 11 is 15.4. The standard InChI is InChI=1S/C22H18ClNO3S.C11H10O4.C10H9ClN2S/c23-17-4-2-1-3-14(17)9-16-12-24-21(28-16)11-20(25)22(7-8-22)15-5-6-18-19(10-15)27-13-26-18;12-10(13)11(3-4-11)7-1-2-8-9(5-7)15-6-14-8;11-9-4-2-1-3-7(9)5-8-6-13-10(12)14-8/h1-6,10,12H,7-9,11,13H2;1-2,5H,3-4,6H2,(H,12,13);1-4,6H,5H2,(H2,12,13). The molecule has 57 heavy (non-hydrogen) atoms. The molecule has 4 aromatic carbocycles. The van der Waals surface area contributed by atoms with Crippen LogP contribution in [0.4, 0.5) is 5.13 Å². The third-order valence-corrected chi connectivity index (χ3v) is 13.0. The fourth-order valence-electron chi connectivity index (χ4n) is 6.87. The number of carboxylic acids is 1. The van der Waals surface area contributed by atoms with Gasteiger partial charge in [0, 0.05) is 45.0 Å². The van der Waals surface area contributed by atoms with Gasteiger partial charge in [0.25, 0.3) is 0 Å². The molecule has 10 nitrogen and oxygen atoms in total. The largest absolute Gasteiger partial charge is 0.481 e. The Morgan fingerprint density at radius 3 is 1.65 bits per heavy atom. The molecule has 2 fully saturated rings. The Bertz CT molecular complexity index is 2440. The second kappa shape index (κ2) is 16.4. The summed E-state index contributed by atoms with van der Waals surface area (Å²) in [7, 11) is 0. The molecular weight excluding hydrogens is 806 g/mol. The van der Waals surface area contributed by atoms with E-state index in [1.54, 1.807) is 29.7 Å². The zero-order valence-electron chi connectivity index (χ0n) is 30.5. The van der Waals surface area contributed by atoms with Crippen molar-refractivity contribution >= 4 is 62.8 Å². The second-order valence-electron chi connectivity index (χ2n) is 14.1. The molecule has 0 spiro atoms. The lowest BCUT2D eigenvalue weighted by molar-refractivity contribution is -0.140. The Morgan fingerprint density at radius 2 is 1.16 bits per heavy atom. The summed E-state index contributed by atoms with van der Waals surface area (Å²) in [5, 5.41) is 12.1. The van der Waals surface area contributed by atoms with Crippen molar-refractivity contribution in [3.63, 3.8) is 0 Å². The summed E-state index contributed by atoms with van der Waals surface area (Å²) in [5.41, 5.74) is 8.51. The van der Waals surface area contributed by atoms with Crippen molar-refractivity contribution < 1.29 is 33.6 Å². The van der Waals surface area contributed by atoms with Crippen LogP contribution in [0.5, 0.6) is 23.0 Å². The van der Waals surface area contributed by atoms with Gasteiger partial charge in [0.2, 0.25) is 13.6 Å². The average molecular weight is 843 g/mol. The van der Waals surface area contributed by atoms with Gasteiger partial charge in [-0.2, -0.15) is 0 Å². The van der Waals surface area contributed by atoms with E-state index in [-0.39, 0.29) is 19.4 Å². The number of Topliss-reactive ketones (excluding diaryl/α,β-unsaturated/α-hetero) is 1. The SMILES string of the molecule is Nc1ncc(Cc2ccccc2Cl)s1.O=C(Cc1ncc(Cc2ccccc2Cl)s1)C1(c2ccc3c(c2)OCO3)CC1.O=C(O)C1(c2ccc3c(c2)OCO3)CC1. The first-order valence-corrected chi connectivity index (χ1v) is 20.7. The number of fused-ring (bicyclic) bond motifs is 2. The first kappa shape index (κ1) is 38.7. The Balaban J connectivity index is 0.000000132. The molecule has 4 heterocycles. The number of ether oxygens (including phenoxy) is 4. The number of halogens is 2. The number of thiazole rings is 2. The van der Waals surface area contributed by atoms with E-state index in [0.29, 0.717) is 35.9 Å². The first-order valence-electron chi connectivity index (χ1n) is 18.3. The fraction of sp³-hybridized carbons (Fsp3) is 0.256. The van der Waals surface area contributed by atoms with Crippen molar-refractivity contribution in [2.45, 2.75) is 55.8 Å². The summed E-state index contributed by atoms with van der Waals surface area (Å²) < 4.78 is 21.3. The Labute approximate surface area is 347 Å². The van der Waals surface area contributed by atoms with Gasteiger partial charge in [0.1, 0.15) is 10.8 Å². The average Bonchev–Trinajstić information content (AvgIpc) is 3.93. The number of rotatable bonds is 10. The number of benzene rings is 4. The van der Waals surface area contributed by atoms with Crippen LogP contribution in [0.1, 0.15) is 62.7 Å². The van der Waals surface area contributed by atoms with Crippen LogP contribution in [0.15, 0.2) is 97.3 Å². The number of nitrogens with two attached hydrogens (primary N) is 1. The van der Waals surface area contributed by atoms with E-state index in [2.05, 4.69) is 9.97 Å². The molecular formula is C43H37Cl2N3O7S2. The molecule has 2 aliphatic heterocycles. The molecule has 6 aromatic rings. The van der Waals surface area contributed by atoms with E-state index in [0.717, 1.165) is 84.2 Å². The monoisotopic (exact) mass is 841 g/mol. The van der Waals surface area contributed by atoms with Crippen molar-refractivity contribution in [3.8, 4) is 23.0 Å². The van der Waals surface area contributed by atoms with E-state index < -0.39 is 16.8 Å². The highest BCUT2D eigenvalue weighted by Gasteiger charge is 2.52. The summed E-state index contributed by atoms with van der Waals surface area (Å²) in [4.78, 5) is 34.9. The molecule has 14 heteroatoms. The van der Waals surface area contributed by atoms with Crippen molar-refractivity contribution in [2.24, 2.45) is 0 Å². The Morgan fingerprint density at radius 1 is 0.667 bits per heavy atom. The molecule has 0 atom stereocenters. The van der Waals surface area contributed by atoms with E-state index in [9.17, 15) is 9.59 Å². The van der Waals surface area contributed by atoms with Crippen LogP contribution in [-0.4, -0.2) is 40.4 Å². The fourth-order valence-corrected chi connectivity index (χ4v) is 8.93. The molecule has 0 bridgehead atoms. The topological polar surface area (TPSA) is 143 Å². The van der Waals surface area contributed by atoms with Crippen LogP contribution in [-0.2, 0) is 39.7 Å². The predicted octanol–water partition coefficient (Wildman–Crippen LogP) is 9.46. The van der Waals surface area contributed by atoms with E-state index >= 15 is 0 Å². The van der Waals surface area contributed by atoms with E-state index in [1.165, 1.54) is 11.3 Å². The lowest BCUT2D eigenvalue weighted by atomic mass is 9.89.